The first-order valence-corrected chi connectivity index (χ1v) is 10.4. The van der Waals surface area contributed by atoms with Crippen LogP contribution in [0.1, 0.15) is 65.7 Å². The van der Waals surface area contributed by atoms with Crippen LogP contribution in [0.4, 0.5) is 0 Å². The minimum Gasteiger partial charge on any atom is -0.350 e. The maximum atomic E-state index is 6.32. The Morgan fingerprint density at radius 1 is 1.24 bits per heavy atom. The number of allylic oxidation sites excluding steroid dienone is 4. The molecule has 0 N–H and O–H groups in total. The van der Waals surface area contributed by atoms with E-state index in [1.54, 1.807) is 5.57 Å². The van der Waals surface area contributed by atoms with E-state index in [0.717, 1.165) is 19.6 Å². The number of likely N-dealkylation sites (tertiary alicyclic amines) is 1. The first-order valence-electron chi connectivity index (χ1n) is 10.4. The van der Waals surface area contributed by atoms with Crippen molar-refractivity contribution in [3.63, 3.8) is 0 Å². The molecule has 0 aromatic rings. The molecule has 2 fully saturated rings. The van der Waals surface area contributed by atoms with Gasteiger partial charge in [-0.3, -0.25) is 0 Å². The molecule has 0 aromatic heterocycles. The molecule has 3 aliphatic rings. The van der Waals surface area contributed by atoms with Crippen molar-refractivity contribution in [3.05, 3.63) is 23.3 Å². The number of piperidine rings is 1. The molecular formula is C22H37NO2. The molecule has 0 aromatic carbocycles. The van der Waals surface area contributed by atoms with Crippen LogP contribution in [0.2, 0.25) is 0 Å². The van der Waals surface area contributed by atoms with E-state index >= 15 is 0 Å². The van der Waals surface area contributed by atoms with Gasteiger partial charge in [0.1, 0.15) is 0 Å². The minimum absolute atomic E-state index is 0.0142. The van der Waals surface area contributed by atoms with Crippen molar-refractivity contribution < 1.29 is 9.47 Å². The number of hydrogen-bond donors (Lipinski definition) is 0. The number of ether oxygens (including phenoxy) is 2. The molecule has 2 aliphatic heterocycles. The van der Waals surface area contributed by atoms with Gasteiger partial charge in [0.2, 0.25) is 0 Å². The third kappa shape index (κ3) is 5.67. The zero-order valence-corrected chi connectivity index (χ0v) is 16.5. The quantitative estimate of drug-likeness (QED) is 0.636. The molecule has 142 valence electrons. The van der Waals surface area contributed by atoms with Crippen molar-refractivity contribution in [2.45, 2.75) is 78.1 Å². The second kappa shape index (κ2) is 9.34. The van der Waals surface area contributed by atoms with E-state index in [1.807, 2.05) is 0 Å². The zero-order chi connectivity index (χ0) is 17.6. The third-order valence-corrected chi connectivity index (χ3v) is 6.04. The molecule has 3 nitrogen and oxygen atoms in total. The Kier molecular flexibility index (Phi) is 7.15. The highest BCUT2D eigenvalue weighted by Crippen LogP contribution is 2.37. The molecule has 0 radical (unpaired) electrons. The van der Waals surface area contributed by atoms with Crippen LogP contribution in [-0.2, 0) is 9.47 Å². The summed E-state index contributed by atoms with van der Waals surface area (Å²) in [6, 6.07) is 0. The Labute approximate surface area is 154 Å². The Hall–Kier alpha value is -0.640. The SMILES string of the molecule is CC(C)=CCCC1=CC[C@@H]([C@@H]2OC[C@@H](CN3CCCCC3)O2)[C@@H](C)C1. The Morgan fingerprint density at radius 2 is 2.04 bits per heavy atom. The summed E-state index contributed by atoms with van der Waals surface area (Å²) in [5.74, 6) is 1.18. The fourth-order valence-corrected chi connectivity index (χ4v) is 4.53. The highest BCUT2D eigenvalue weighted by Gasteiger charge is 2.37. The largest absolute Gasteiger partial charge is 0.350 e. The Balaban J connectivity index is 1.45. The second-order valence-electron chi connectivity index (χ2n) is 8.58. The van der Waals surface area contributed by atoms with Crippen LogP contribution in [-0.4, -0.2) is 43.5 Å². The standard InChI is InChI=1S/C22H37NO2/c1-17(2)8-7-9-19-10-11-21(18(3)14-19)22-24-16-20(25-22)15-23-12-5-4-6-13-23/h8,10,18,20-22H,4-7,9,11-16H2,1-3H3/t18-,20+,21+,22+/m0/s1. The molecule has 2 saturated heterocycles. The van der Waals surface area contributed by atoms with Crippen LogP contribution in [0, 0.1) is 11.8 Å². The minimum atomic E-state index is 0.0142. The Morgan fingerprint density at radius 3 is 2.76 bits per heavy atom. The smallest absolute Gasteiger partial charge is 0.161 e. The monoisotopic (exact) mass is 347 g/mol. The van der Waals surface area contributed by atoms with Crippen LogP contribution < -0.4 is 0 Å². The number of nitrogens with zero attached hydrogens (tertiary/aromatic N) is 1. The number of rotatable bonds is 6. The lowest BCUT2D eigenvalue weighted by Gasteiger charge is -2.32. The molecule has 2 heterocycles. The van der Waals surface area contributed by atoms with Gasteiger partial charge in [-0.2, -0.15) is 0 Å². The van der Waals surface area contributed by atoms with E-state index < -0.39 is 0 Å². The lowest BCUT2D eigenvalue weighted by molar-refractivity contribution is -0.113. The molecule has 0 unspecified atom stereocenters. The zero-order valence-electron chi connectivity index (χ0n) is 16.5. The van der Waals surface area contributed by atoms with E-state index in [0.29, 0.717) is 11.8 Å². The van der Waals surface area contributed by atoms with Gasteiger partial charge in [0.05, 0.1) is 12.7 Å². The topological polar surface area (TPSA) is 21.7 Å². The highest BCUT2D eigenvalue weighted by molar-refractivity contribution is 5.10. The average molecular weight is 348 g/mol. The van der Waals surface area contributed by atoms with Gasteiger partial charge in [-0.05, 0) is 71.4 Å². The summed E-state index contributed by atoms with van der Waals surface area (Å²) in [6.07, 6.45) is 13.9. The molecule has 0 bridgehead atoms. The van der Waals surface area contributed by atoms with E-state index in [1.165, 1.54) is 57.2 Å². The van der Waals surface area contributed by atoms with Gasteiger partial charge in [0, 0.05) is 12.5 Å². The average Bonchev–Trinajstić information content (AvgIpc) is 3.04. The molecule has 0 saturated carbocycles. The fraction of sp³-hybridized carbons (Fsp3) is 0.818. The van der Waals surface area contributed by atoms with Crippen LogP contribution in [0.25, 0.3) is 0 Å². The van der Waals surface area contributed by atoms with Crippen molar-refractivity contribution in [3.8, 4) is 0 Å². The third-order valence-electron chi connectivity index (χ3n) is 6.04. The molecule has 0 amide bonds. The normalized spacial score (nSPS) is 34.0. The molecule has 0 spiro atoms. The predicted molar refractivity (Wildman–Crippen MR) is 104 cm³/mol. The number of hydrogen-bond acceptors (Lipinski definition) is 3. The Bertz CT molecular complexity index is 474. The van der Waals surface area contributed by atoms with Crippen molar-refractivity contribution in [2.75, 3.05) is 26.2 Å². The predicted octanol–water partition coefficient (Wildman–Crippen LogP) is 4.93. The van der Waals surface area contributed by atoms with Crippen LogP contribution in [0.3, 0.4) is 0 Å². The molecule has 1 aliphatic carbocycles. The lowest BCUT2D eigenvalue weighted by atomic mass is 9.79. The summed E-state index contributed by atoms with van der Waals surface area (Å²) >= 11 is 0. The van der Waals surface area contributed by atoms with Crippen molar-refractivity contribution in [1.82, 2.24) is 4.90 Å². The maximum Gasteiger partial charge on any atom is 0.161 e. The molecular weight excluding hydrogens is 310 g/mol. The maximum absolute atomic E-state index is 6.32. The summed E-state index contributed by atoms with van der Waals surface area (Å²) < 4.78 is 12.4. The molecule has 25 heavy (non-hydrogen) atoms. The molecule has 3 heteroatoms. The first-order chi connectivity index (χ1) is 12.1. The van der Waals surface area contributed by atoms with Gasteiger partial charge < -0.3 is 14.4 Å². The second-order valence-corrected chi connectivity index (χ2v) is 8.58. The van der Waals surface area contributed by atoms with Gasteiger partial charge in [-0.15, -0.1) is 0 Å². The highest BCUT2D eigenvalue weighted by atomic mass is 16.7. The molecule has 3 rings (SSSR count). The van der Waals surface area contributed by atoms with Crippen molar-refractivity contribution in [2.24, 2.45) is 11.8 Å². The van der Waals surface area contributed by atoms with Gasteiger partial charge in [0.25, 0.3) is 0 Å². The van der Waals surface area contributed by atoms with Gasteiger partial charge in [0.15, 0.2) is 6.29 Å². The van der Waals surface area contributed by atoms with Gasteiger partial charge >= 0.3 is 0 Å². The van der Waals surface area contributed by atoms with Crippen molar-refractivity contribution in [1.29, 1.82) is 0 Å². The van der Waals surface area contributed by atoms with Crippen LogP contribution in [0.5, 0.6) is 0 Å². The fourth-order valence-electron chi connectivity index (χ4n) is 4.53. The summed E-state index contributed by atoms with van der Waals surface area (Å²) in [4.78, 5) is 2.56. The summed E-state index contributed by atoms with van der Waals surface area (Å²) in [7, 11) is 0. The summed E-state index contributed by atoms with van der Waals surface area (Å²) in [5.41, 5.74) is 3.05. The van der Waals surface area contributed by atoms with E-state index in [9.17, 15) is 0 Å². The summed E-state index contributed by atoms with van der Waals surface area (Å²) in [5, 5.41) is 0. The van der Waals surface area contributed by atoms with E-state index in [2.05, 4.69) is 37.8 Å². The summed E-state index contributed by atoms with van der Waals surface area (Å²) in [6.45, 7) is 11.1. The lowest BCUT2D eigenvalue weighted by Crippen LogP contribution is -2.38. The van der Waals surface area contributed by atoms with Crippen molar-refractivity contribution >= 4 is 0 Å². The van der Waals surface area contributed by atoms with Crippen LogP contribution in [0.15, 0.2) is 23.3 Å². The van der Waals surface area contributed by atoms with Crippen LogP contribution >= 0.6 is 0 Å². The van der Waals surface area contributed by atoms with E-state index in [4.69, 9.17) is 9.47 Å². The van der Waals surface area contributed by atoms with Gasteiger partial charge in [-0.1, -0.05) is 36.6 Å². The van der Waals surface area contributed by atoms with Gasteiger partial charge in [-0.25, -0.2) is 0 Å². The first kappa shape index (κ1) is 19.1. The molecule has 4 atom stereocenters. The van der Waals surface area contributed by atoms with E-state index in [-0.39, 0.29) is 12.4 Å².